The quantitative estimate of drug-likeness (QED) is 0.651. The number of alkyl halides is 2. The fourth-order valence-electron chi connectivity index (χ4n) is 0.960. The molecule has 0 heterocycles. The van der Waals surface area contributed by atoms with Crippen LogP contribution in [-0.2, 0) is 4.74 Å². The summed E-state index contributed by atoms with van der Waals surface area (Å²) in [7, 11) is 0. The van der Waals surface area contributed by atoms with Gasteiger partial charge in [-0.25, -0.2) is 8.78 Å². The molecule has 1 nitrogen and oxygen atoms in total. The van der Waals surface area contributed by atoms with Gasteiger partial charge in [-0.05, 0) is 6.92 Å². The fourth-order valence-corrected chi connectivity index (χ4v) is 0.960. The van der Waals surface area contributed by atoms with Crippen molar-refractivity contribution < 1.29 is 13.5 Å². The summed E-state index contributed by atoms with van der Waals surface area (Å²) < 4.78 is 29.0. The van der Waals surface area contributed by atoms with Crippen molar-refractivity contribution >= 4 is 0 Å². The minimum Gasteiger partial charge on any atom is -0.378 e. The zero-order chi connectivity index (χ0) is 10.9. The van der Waals surface area contributed by atoms with Gasteiger partial charge in [0.2, 0.25) is 0 Å². The summed E-state index contributed by atoms with van der Waals surface area (Å²) in [5.41, 5.74) is 0. The summed E-state index contributed by atoms with van der Waals surface area (Å²) in [6.07, 6.45) is -0.341. The molecule has 0 bridgehead atoms. The van der Waals surface area contributed by atoms with Crippen LogP contribution in [0.1, 0.15) is 47.5 Å². The molecule has 1 rings (SSSR count). The predicted octanol–water partition coefficient (Wildman–Crippen LogP) is 3.87. The lowest BCUT2D eigenvalue weighted by Gasteiger charge is -2.34. The molecule has 1 aliphatic carbocycles. The second kappa shape index (κ2) is 8.42. The third-order valence-corrected chi connectivity index (χ3v) is 1.45. The molecule has 13 heavy (non-hydrogen) atoms. The van der Waals surface area contributed by atoms with Crippen LogP contribution in [0.25, 0.3) is 0 Å². The van der Waals surface area contributed by atoms with E-state index in [9.17, 15) is 8.78 Å². The van der Waals surface area contributed by atoms with E-state index in [1.807, 2.05) is 34.6 Å². The van der Waals surface area contributed by atoms with Crippen molar-refractivity contribution in [2.75, 3.05) is 6.61 Å². The minimum atomic E-state index is -2.43. The Labute approximate surface area is 80.5 Å². The molecular formula is C10H22F2O. The van der Waals surface area contributed by atoms with E-state index in [0.29, 0.717) is 6.61 Å². The first-order valence-electron chi connectivity index (χ1n) is 5.13. The van der Waals surface area contributed by atoms with Crippen LogP contribution in [-0.4, -0.2) is 18.6 Å². The molecule has 0 aliphatic heterocycles. The van der Waals surface area contributed by atoms with Crippen LogP contribution in [0.5, 0.6) is 0 Å². The van der Waals surface area contributed by atoms with Gasteiger partial charge in [0.25, 0.3) is 5.92 Å². The van der Waals surface area contributed by atoms with Crippen molar-refractivity contribution in [3.63, 3.8) is 0 Å². The second-order valence-electron chi connectivity index (χ2n) is 2.34. The lowest BCUT2D eigenvalue weighted by atomic mass is 9.91. The molecule has 0 radical (unpaired) electrons. The first-order chi connectivity index (χ1) is 6.14. The number of hydrogen-bond donors (Lipinski definition) is 0. The highest BCUT2D eigenvalue weighted by atomic mass is 19.3. The summed E-state index contributed by atoms with van der Waals surface area (Å²) in [4.78, 5) is 0. The first-order valence-corrected chi connectivity index (χ1v) is 5.13. The smallest absolute Gasteiger partial charge is 0.253 e. The highest BCUT2D eigenvalue weighted by molar-refractivity contribution is 4.86. The maximum Gasteiger partial charge on any atom is 0.253 e. The molecular weight excluding hydrogens is 174 g/mol. The van der Waals surface area contributed by atoms with E-state index in [-0.39, 0.29) is 18.9 Å². The molecule has 0 N–H and O–H groups in total. The molecule has 0 spiro atoms. The van der Waals surface area contributed by atoms with Crippen LogP contribution in [0.3, 0.4) is 0 Å². The SMILES string of the molecule is CC.CC.CCOC1CC(F)(F)C1. The van der Waals surface area contributed by atoms with Crippen LogP contribution in [0.2, 0.25) is 0 Å². The lowest BCUT2D eigenvalue weighted by molar-refractivity contribution is -0.163. The van der Waals surface area contributed by atoms with E-state index in [1.54, 1.807) is 0 Å². The Bertz CT molecular complexity index is 97.1. The van der Waals surface area contributed by atoms with Crippen LogP contribution in [0, 0.1) is 0 Å². The molecule has 3 heteroatoms. The van der Waals surface area contributed by atoms with Gasteiger partial charge in [0.15, 0.2) is 0 Å². The van der Waals surface area contributed by atoms with Gasteiger partial charge in [-0.2, -0.15) is 0 Å². The van der Waals surface area contributed by atoms with Gasteiger partial charge < -0.3 is 4.74 Å². The highest BCUT2D eigenvalue weighted by Gasteiger charge is 2.45. The van der Waals surface area contributed by atoms with E-state index >= 15 is 0 Å². The molecule has 0 aromatic heterocycles. The number of rotatable bonds is 2. The van der Waals surface area contributed by atoms with E-state index < -0.39 is 5.92 Å². The monoisotopic (exact) mass is 196 g/mol. The van der Waals surface area contributed by atoms with Crippen LogP contribution in [0.4, 0.5) is 8.78 Å². The van der Waals surface area contributed by atoms with Crippen molar-refractivity contribution in [1.82, 2.24) is 0 Å². The van der Waals surface area contributed by atoms with Crippen LogP contribution < -0.4 is 0 Å². The standard InChI is InChI=1S/C6H10F2O.2C2H6/c1-2-9-5-3-6(7,8)4-5;2*1-2/h5H,2-4H2,1H3;2*1-2H3. The topological polar surface area (TPSA) is 9.23 Å². The largest absolute Gasteiger partial charge is 0.378 e. The molecule has 1 saturated carbocycles. The Morgan fingerprint density at radius 3 is 1.77 bits per heavy atom. The predicted molar refractivity (Wildman–Crippen MR) is 52.3 cm³/mol. The van der Waals surface area contributed by atoms with Gasteiger partial charge in [-0.15, -0.1) is 0 Å². The zero-order valence-corrected chi connectivity index (χ0v) is 9.36. The Morgan fingerprint density at radius 1 is 1.15 bits per heavy atom. The highest BCUT2D eigenvalue weighted by Crippen LogP contribution is 2.39. The Hall–Kier alpha value is -0.180. The summed E-state index contributed by atoms with van der Waals surface area (Å²) in [6, 6.07) is 0. The molecule has 0 atom stereocenters. The van der Waals surface area contributed by atoms with Gasteiger partial charge in [0.05, 0.1) is 6.10 Å². The van der Waals surface area contributed by atoms with Gasteiger partial charge >= 0.3 is 0 Å². The first kappa shape index (κ1) is 15.3. The third kappa shape index (κ3) is 6.94. The number of halogens is 2. The average molecular weight is 196 g/mol. The van der Waals surface area contributed by atoms with Gasteiger partial charge in [0.1, 0.15) is 0 Å². The summed E-state index contributed by atoms with van der Waals surface area (Å²) in [6.45, 7) is 10.4. The maximum atomic E-state index is 12.0. The number of ether oxygens (including phenoxy) is 1. The normalized spacial score (nSPS) is 18.7. The van der Waals surface area contributed by atoms with Crippen molar-refractivity contribution in [3.8, 4) is 0 Å². The Balaban J connectivity index is 0. The van der Waals surface area contributed by atoms with Crippen LogP contribution in [0.15, 0.2) is 0 Å². The third-order valence-electron chi connectivity index (χ3n) is 1.45. The summed E-state index contributed by atoms with van der Waals surface area (Å²) >= 11 is 0. The molecule has 0 aromatic rings. The summed E-state index contributed by atoms with van der Waals surface area (Å²) in [5, 5.41) is 0. The Kier molecular flexibility index (Phi) is 9.91. The van der Waals surface area contributed by atoms with Crippen LogP contribution >= 0.6 is 0 Å². The van der Waals surface area contributed by atoms with Crippen molar-refractivity contribution in [2.45, 2.75) is 59.5 Å². The van der Waals surface area contributed by atoms with E-state index in [0.717, 1.165) is 0 Å². The van der Waals surface area contributed by atoms with Gasteiger partial charge in [-0.1, -0.05) is 27.7 Å². The van der Waals surface area contributed by atoms with Crippen molar-refractivity contribution in [3.05, 3.63) is 0 Å². The van der Waals surface area contributed by atoms with E-state index in [1.165, 1.54) is 0 Å². The molecule has 1 fully saturated rings. The van der Waals surface area contributed by atoms with E-state index in [2.05, 4.69) is 0 Å². The fraction of sp³-hybridized carbons (Fsp3) is 1.00. The van der Waals surface area contributed by atoms with Gasteiger partial charge in [-0.3, -0.25) is 0 Å². The molecule has 1 aliphatic rings. The van der Waals surface area contributed by atoms with Crippen molar-refractivity contribution in [2.24, 2.45) is 0 Å². The van der Waals surface area contributed by atoms with Crippen molar-refractivity contribution in [1.29, 1.82) is 0 Å². The minimum absolute atomic E-state index is 0.0825. The second-order valence-corrected chi connectivity index (χ2v) is 2.34. The molecule has 0 aromatic carbocycles. The Morgan fingerprint density at radius 2 is 1.54 bits per heavy atom. The number of hydrogen-bond acceptors (Lipinski definition) is 1. The zero-order valence-electron chi connectivity index (χ0n) is 9.36. The molecule has 82 valence electrons. The van der Waals surface area contributed by atoms with Gasteiger partial charge in [0, 0.05) is 19.4 Å². The average Bonchev–Trinajstić information content (AvgIpc) is 2.09. The maximum absolute atomic E-state index is 12.0. The lowest BCUT2D eigenvalue weighted by Crippen LogP contribution is -2.41. The molecule has 0 saturated heterocycles. The molecule has 0 unspecified atom stereocenters. The molecule has 0 amide bonds. The summed E-state index contributed by atoms with van der Waals surface area (Å²) in [5.74, 6) is -2.43. The van der Waals surface area contributed by atoms with E-state index in [4.69, 9.17) is 4.74 Å².